The number of benzene rings is 3. The number of nitrogens with one attached hydrogen (secondary N) is 1. The Hall–Kier alpha value is -3.72. The van der Waals surface area contributed by atoms with Gasteiger partial charge in [-0.05, 0) is 37.3 Å². The van der Waals surface area contributed by atoms with Crippen LogP contribution in [0, 0.1) is 5.82 Å². The Kier molecular flexibility index (Phi) is 8.01. The Morgan fingerprint density at radius 3 is 2.06 bits per heavy atom. The molecule has 3 aromatic rings. The first-order chi connectivity index (χ1) is 16.3. The highest BCUT2D eigenvalue weighted by atomic mass is 32.2. The van der Waals surface area contributed by atoms with Gasteiger partial charge >= 0.3 is 0 Å². The monoisotopic (exact) mass is 483 g/mol. The number of carbonyl (C=O) groups is 2. The number of carbonyl (C=O) groups excluding carboxylic acids is 2. The van der Waals surface area contributed by atoms with E-state index in [1.54, 1.807) is 54.6 Å². The molecule has 178 valence electrons. The molecule has 1 N–H and O–H groups in total. The van der Waals surface area contributed by atoms with Crippen LogP contribution in [0.5, 0.6) is 0 Å². The van der Waals surface area contributed by atoms with Gasteiger partial charge in [-0.1, -0.05) is 54.6 Å². The number of anilines is 1. The van der Waals surface area contributed by atoms with Crippen LogP contribution < -0.4 is 9.62 Å². The molecular formula is C25H26FN3O4S. The molecule has 0 aliphatic rings. The van der Waals surface area contributed by atoms with Crippen LogP contribution in [0.1, 0.15) is 12.5 Å². The van der Waals surface area contributed by atoms with Crippen molar-refractivity contribution in [3.63, 3.8) is 0 Å². The average Bonchev–Trinajstić information content (AvgIpc) is 2.86. The highest BCUT2D eigenvalue weighted by Crippen LogP contribution is 2.24. The van der Waals surface area contributed by atoms with E-state index in [-0.39, 0.29) is 22.7 Å². The summed E-state index contributed by atoms with van der Waals surface area (Å²) < 4.78 is 42.3. The molecule has 0 aromatic heterocycles. The lowest BCUT2D eigenvalue weighted by atomic mass is 10.1. The molecule has 3 rings (SSSR count). The van der Waals surface area contributed by atoms with Gasteiger partial charge in [0.2, 0.25) is 11.8 Å². The first-order valence-corrected chi connectivity index (χ1v) is 12.1. The van der Waals surface area contributed by atoms with Crippen LogP contribution in [0.3, 0.4) is 0 Å². The van der Waals surface area contributed by atoms with Gasteiger partial charge in [-0.3, -0.25) is 13.9 Å². The molecule has 0 aliphatic heterocycles. The zero-order valence-electron chi connectivity index (χ0n) is 18.9. The molecule has 7 nitrogen and oxygen atoms in total. The van der Waals surface area contributed by atoms with Crippen molar-refractivity contribution in [1.82, 2.24) is 10.2 Å². The number of hydrogen-bond acceptors (Lipinski definition) is 4. The van der Waals surface area contributed by atoms with E-state index in [1.165, 1.54) is 49.2 Å². The minimum Gasteiger partial charge on any atom is -0.357 e. The minimum absolute atomic E-state index is 0.0201. The van der Waals surface area contributed by atoms with Crippen LogP contribution in [0.2, 0.25) is 0 Å². The maximum atomic E-state index is 14.4. The Balaban J connectivity index is 2.01. The van der Waals surface area contributed by atoms with Crippen molar-refractivity contribution in [1.29, 1.82) is 0 Å². The predicted octanol–water partition coefficient (Wildman–Crippen LogP) is 3.18. The van der Waals surface area contributed by atoms with E-state index in [2.05, 4.69) is 5.32 Å². The Morgan fingerprint density at radius 2 is 1.47 bits per heavy atom. The lowest BCUT2D eigenvalue weighted by Gasteiger charge is -2.31. The molecule has 0 bridgehead atoms. The van der Waals surface area contributed by atoms with Crippen LogP contribution in [-0.4, -0.2) is 44.8 Å². The van der Waals surface area contributed by atoms with E-state index >= 15 is 0 Å². The molecule has 0 fully saturated rings. The van der Waals surface area contributed by atoms with E-state index in [0.717, 1.165) is 4.31 Å². The van der Waals surface area contributed by atoms with Gasteiger partial charge in [-0.2, -0.15) is 0 Å². The van der Waals surface area contributed by atoms with Crippen LogP contribution in [0.15, 0.2) is 89.8 Å². The Morgan fingerprint density at radius 1 is 0.912 bits per heavy atom. The lowest BCUT2D eigenvalue weighted by molar-refractivity contribution is -0.139. The maximum absolute atomic E-state index is 14.4. The lowest BCUT2D eigenvalue weighted by Crippen LogP contribution is -2.50. The first-order valence-electron chi connectivity index (χ1n) is 10.6. The fourth-order valence-corrected chi connectivity index (χ4v) is 4.88. The van der Waals surface area contributed by atoms with Crippen molar-refractivity contribution in [3.05, 3.63) is 96.3 Å². The maximum Gasteiger partial charge on any atom is 0.264 e. The second-order valence-corrected chi connectivity index (χ2v) is 9.43. The molecule has 9 heteroatoms. The number of hydrogen-bond donors (Lipinski definition) is 1. The Labute approximate surface area is 198 Å². The normalized spacial score (nSPS) is 12.0. The summed E-state index contributed by atoms with van der Waals surface area (Å²) in [5, 5.41) is 2.48. The van der Waals surface area contributed by atoms with Crippen LogP contribution in [0.25, 0.3) is 0 Å². The fourth-order valence-electron chi connectivity index (χ4n) is 3.44. The molecular weight excluding hydrogens is 457 g/mol. The molecule has 34 heavy (non-hydrogen) atoms. The zero-order chi connectivity index (χ0) is 24.7. The molecule has 0 saturated carbocycles. The SMILES string of the molecule is CNC(=O)[C@H](C)N(Cc1ccccc1F)C(=O)CN(c1ccccc1)S(=O)(=O)c1ccccc1. The quantitative estimate of drug-likeness (QED) is 0.507. The van der Waals surface area contributed by atoms with Crippen molar-refractivity contribution in [2.45, 2.75) is 24.4 Å². The van der Waals surface area contributed by atoms with Crippen molar-refractivity contribution >= 4 is 27.5 Å². The molecule has 3 aromatic carbocycles. The number of halogens is 1. The van der Waals surface area contributed by atoms with Crippen molar-refractivity contribution < 1.29 is 22.4 Å². The fraction of sp³-hybridized carbons (Fsp3) is 0.200. The van der Waals surface area contributed by atoms with E-state index in [4.69, 9.17) is 0 Å². The highest BCUT2D eigenvalue weighted by Gasteiger charge is 2.32. The summed E-state index contributed by atoms with van der Waals surface area (Å²) in [4.78, 5) is 27.1. The summed E-state index contributed by atoms with van der Waals surface area (Å²) in [6.45, 7) is 0.737. The summed E-state index contributed by atoms with van der Waals surface area (Å²) in [7, 11) is -2.67. The molecule has 0 aliphatic carbocycles. The number of amides is 2. The van der Waals surface area contributed by atoms with Gasteiger partial charge in [0.25, 0.3) is 10.0 Å². The smallest absolute Gasteiger partial charge is 0.264 e. The van der Waals surface area contributed by atoms with Crippen LogP contribution in [-0.2, 0) is 26.2 Å². The van der Waals surface area contributed by atoms with Gasteiger partial charge in [0.15, 0.2) is 0 Å². The van der Waals surface area contributed by atoms with Crippen LogP contribution in [0.4, 0.5) is 10.1 Å². The molecule has 0 unspecified atom stereocenters. The number of likely N-dealkylation sites (N-methyl/N-ethyl adjacent to an activating group) is 1. The van der Waals surface area contributed by atoms with E-state index in [1.807, 2.05) is 0 Å². The number of para-hydroxylation sites is 1. The molecule has 0 saturated heterocycles. The summed E-state index contributed by atoms with van der Waals surface area (Å²) in [6.07, 6.45) is 0. The molecule has 2 amide bonds. The topological polar surface area (TPSA) is 86.8 Å². The van der Waals surface area contributed by atoms with E-state index in [0.29, 0.717) is 0 Å². The van der Waals surface area contributed by atoms with Crippen molar-refractivity contribution in [2.75, 3.05) is 17.9 Å². The van der Waals surface area contributed by atoms with Gasteiger partial charge in [-0.15, -0.1) is 0 Å². The second kappa shape index (κ2) is 10.9. The largest absolute Gasteiger partial charge is 0.357 e. The molecule has 0 radical (unpaired) electrons. The van der Waals surface area contributed by atoms with Gasteiger partial charge < -0.3 is 10.2 Å². The summed E-state index contributed by atoms with van der Waals surface area (Å²) in [5.74, 6) is -1.63. The third-order valence-corrected chi connectivity index (χ3v) is 7.15. The molecule has 0 heterocycles. The van der Waals surface area contributed by atoms with E-state index < -0.39 is 40.2 Å². The number of rotatable bonds is 9. The Bertz CT molecular complexity index is 1240. The molecule has 0 spiro atoms. The second-order valence-electron chi connectivity index (χ2n) is 7.56. The number of nitrogens with zero attached hydrogens (tertiary/aromatic N) is 2. The number of sulfonamides is 1. The van der Waals surface area contributed by atoms with Gasteiger partial charge in [-0.25, -0.2) is 12.8 Å². The standard InChI is InChI=1S/C25H26FN3O4S/c1-19(25(31)27-2)28(17-20-11-9-10-16-23(20)26)24(30)18-29(21-12-5-3-6-13-21)34(32,33)22-14-7-4-8-15-22/h3-16,19H,17-18H2,1-2H3,(H,27,31)/t19-/m0/s1. The van der Waals surface area contributed by atoms with Gasteiger partial charge in [0, 0.05) is 19.2 Å². The summed E-state index contributed by atoms with van der Waals surface area (Å²) in [5.41, 5.74) is 0.502. The zero-order valence-corrected chi connectivity index (χ0v) is 19.7. The van der Waals surface area contributed by atoms with Crippen molar-refractivity contribution in [2.24, 2.45) is 0 Å². The third kappa shape index (κ3) is 5.60. The predicted molar refractivity (Wildman–Crippen MR) is 128 cm³/mol. The van der Waals surface area contributed by atoms with Gasteiger partial charge in [0.05, 0.1) is 10.6 Å². The van der Waals surface area contributed by atoms with E-state index in [9.17, 15) is 22.4 Å². The van der Waals surface area contributed by atoms with Crippen LogP contribution >= 0.6 is 0 Å². The highest BCUT2D eigenvalue weighted by molar-refractivity contribution is 7.92. The third-order valence-electron chi connectivity index (χ3n) is 5.37. The van der Waals surface area contributed by atoms with Gasteiger partial charge in [0.1, 0.15) is 18.4 Å². The molecule has 1 atom stereocenters. The summed E-state index contributed by atoms with van der Waals surface area (Å²) >= 11 is 0. The summed E-state index contributed by atoms with van der Waals surface area (Å²) in [6, 6.07) is 21.0. The van der Waals surface area contributed by atoms with Crippen molar-refractivity contribution in [3.8, 4) is 0 Å². The average molecular weight is 484 g/mol. The first kappa shape index (κ1) is 24.9. The minimum atomic E-state index is -4.10.